The maximum Gasteiger partial charge on any atom is 0.394 e. The molecule has 1 amide bonds. The Morgan fingerprint density at radius 2 is 2.00 bits per heavy atom. The third-order valence-corrected chi connectivity index (χ3v) is 2.93. The molecule has 0 saturated carbocycles. The molecule has 1 rings (SSSR count). The molecular formula is C11H20N2O3. The second-order valence-corrected chi connectivity index (χ2v) is 4.18. The highest BCUT2D eigenvalue weighted by Gasteiger charge is 2.25. The Labute approximate surface area is 95.8 Å². The van der Waals surface area contributed by atoms with Crippen molar-refractivity contribution in [2.75, 3.05) is 19.6 Å². The van der Waals surface area contributed by atoms with Crippen molar-refractivity contribution >= 4 is 11.9 Å². The van der Waals surface area contributed by atoms with Gasteiger partial charge in [-0.25, -0.2) is 4.79 Å². The van der Waals surface area contributed by atoms with Crippen molar-refractivity contribution in [3.63, 3.8) is 0 Å². The molecule has 0 radical (unpaired) electrons. The molecule has 0 bridgehead atoms. The summed E-state index contributed by atoms with van der Waals surface area (Å²) >= 11 is 0. The summed E-state index contributed by atoms with van der Waals surface area (Å²) in [5, 5.41) is 12.0. The zero-order chi connectivity index (χ0) is 12.0. The SMILES string of the molecule is CCCCNC1CCN(C(=O)C(=O)O)CC1. The van der Waals surface area contributed by atoms with Gasteiger partial charge in [-0.15, -0.1) is 0 Å². The van der Waals surface area contributed by atoms with Crippen LogP contribution in [0.15, 0.2) is 0 Å². The number of hydrogen-bond acceptors (Lipinski definition) is 3. The van der Waals surface area contributed by atoms with E-state index in [0.717, 1.165) is 25.8 Å². The Hall–Kier alpha value is -1.10. The quantitative estimate of drug-likeness (QED) is 0.541. The van der Waals surface area contributed by atoms with Gasteiger partial charge in [0.05, 0.1) is 0 Å². The number of likely N-dealkylation sites (tertiary alicyclic amines) is 1. The maximum atomic E-state index is 11.2. The summed E-state index contributed by atoms with van der Waals surface area (Å²) in [5.74, 6) is -2.12. The van der Waals surface area contributed by atoms with E-state index < -0.39 is 11.9 Å². The number of nitrogens with one attached hydrogen (secondary N) is 1. The van der Waals surface area contributed by atoms with E-state index in [2.05, 4.69) is 12.2 Å². The number of nitrogens with zero attached hydrogens (tertiary/aromatic N) is 1. The van der Waals surface area contributed by atoms with Crippen LogP contribution in [-0.4, -0.2) is 47.6 Å². The maximum absolute atomic E-state index is 11.2. The minimum Gasteiger partial charge on any atom is -0.474 e. The van der Waals surface area contributed by atoms with Crippen LogP contribution in [0.2, 0.25) is 0 Å². The summed E-state index contributed by atoms with van der Waals surface area (Å²) in [6, 6.07) is 0.435. The lowest BCUT2D eigenvalue weighted by atomic mass is 10.0. The summed E-state index contributed by atoms with van der Waals surface area (Å²) in [4.78, 5) is 23.1. The molecule has 1 saturated heterocycles. The van der Waals surface area contributed by atoms with Gasteiger partial charge in [0.25, 0.3) is 0 Å². The number of carboxylic acid groups (broad SMARTS) is 1. The van der Waals surface area contributed by atoms with Crippen molar-refractivity contribution in [2.45, 2.75) is 38.6 Å². The molecule has 1 heterocycles. The number of carboxylic acids is 1. The van der Waals surface area contributed by atoms with Crippen molar-refractivity contribution < 1.29 is 14.7 Å². The molecular weight excluding hydrogens is 208 g/mol. The van der Waals surface area contributed by atoms with Crippen LogP contribution >= 0.6 is 0 Å². The molecule has 92 valence electrons. The van der Waals surface area contributed by atoms with Gasteiger partial charge in [-0.05, 0) is 25.8 Å². The molecule has 0 aromatic heterocycles. The van der Waals surface area contributed by atoms with Crippen molar-refractivity contribution in [1.82, 2.24) is 10.2 Å². The molecule has 0 aromatic rings. The van der Waals surface area contributed by atoms with E-state index in [1.165, 1.54) is 11.3 Å². The van der Waals surface area contributed by atoms with Gasteiger partial charge in [0.2, 0.25) is 0 Å². The van der Waals surface area contributed by atoms with E-state index in [9.17, 15) is 9.59 Å². The second-order valence-electron chi connectivity index (χ2n) is 4.18. The second kappa shape index (κ2) is 6.48. The van der Waals surface area contributed by atoms with E-state index in [0.29, 0.717) is 19.1 Å². The predicted octanol–water partition coefficient (Wildman–Crippen LogP) is 0.452. The van der Waals surface area contributed by atoms with Gasteiger partial charge in [0.1, 0.15) is 0 Å². The van der Waals surface area contributed by atoms with Crippen LogP contribution in [0.5, 0.6) is 0 Å². The van der Waals surface area contributed by atoms with Crippen LogP contribution in [0, 0.1) is 0 Å². The zero-order valence-electron chi connectivity index (χ0n) is 9.74. The minimum atomic E-state index is -1.35. The van der Waals surface area contributed by atoms with Gasteiger partial charge in [0.15, 0.2) is 0 Å². The molecule has 5 heteroatoms. The summed E-state index contributed by atoms with van der Waals surface area (Å²) in [6.07, 6.45) is 4.03. The third kappa shape index (κ3) is 3.81. The first-order chi connectivity index (χ1) is 7.65. The lowest BCUT2D eigenvalue weighted by molar-refractivity contribution is -0.156. The average molecular weight is 228 g/mol. The first-order valence-corrected chi connectivity index (χ1v) is 5.90. The van der Waals surface area contributed by atoms with Crippen molar-refractivity contribution in [2.24, 2.45) is 0 Å². The number of rotatable bonds is 4. The zero-order valence-corrected chi connectivity index (χ0v) is 9.74. The highest BCUT2D eigenvalue weighted by Crippen LogP contribution is 2.10. The summed E-state index contributed by atoms with van der Waals surface area (Å²) in [7, 11) is 0. The third-order valence-electron chi connectivity index (χ3n) is 2.93. The fourth-order valence-corrected chi connectivity index (χ4v) is 1.90. The van der Waals surface area contributed by atoms with Crippen molar-refractivity contribution in [3.8, 4) is 0 Å². The molecule has 5 nitrogen and oxygen atoms in total. The number of piperidine rings is 1. The van der Waals surface area contributed by atoms with Crippen LogP contribution in [0.1, 0.15) is 32.6 Å². The first kappa shape index (κ1) is 13.0. The highest BCUT2D eigenvalue weighted by molar-refractivity contribution is 6.31. The lowest BCUT2D eigenvalue weighted by Gasteiger charge is -2.31. The average Bonchev–Trinajstić information content (AvgIpc) is 2.29. The van der Waals surface area contributed by atoms with Gasteiger partial charge in [-0.1, -0.05) is 13.3 Å². The van der Waals surface area contributed by atoms with Crippen LogP contribution < -0.4 is 5.32 Å². The summed E-state index contributed by atoms with van der Waals surface area (Å²) < 4.78 is 0. The molecule has 16 heavy (non-hydrogen) atoms. The Morgan fingerprint density at radius 3 is 2.50 bits per heavy atom. The number of aliphatic carboxylic acids is 1. The number of carbonyl (C=O) groups is 2. The summed E-state index contributed by atoms with van der Waals surface area (Å²) in [6.45, 7) is 4.26. The van der Waals surface area contributed by atoms with E-state index >= 15 is 0 Å². The lowest BCUT2D eigenvalue weighted by Crippen LogP contribution is -2.47. The van der Waals surface area contributed by atoms with Crippen molar-refractivity contribution in [1.29, 1.82) is 0 Å². The molecule has 0 spiro atoms. The Bertz CT molecular complexity index is 248. The van der Waals surface area contributed by atoms with Gasteiger partial charge < -0.3 is 15.3 Å². The molecule has 2 N–H and O–H groups in total. The predicted molar refractivity (Wildman–Crippen MR) is 60.1 cm³/mol. The Kier molecular flexibility index (Phi) is 5.25. The molecule has 1 aliphatic heterocycles. The molecule has 1 fully saturated rings. The number of hydrogen-bond donors (Lipinski definition) is 2. The van der Waals surface area contributed by atoms with Crippen LogP contribution in [-0.2, 0) is 9.59 Å². The van der Waals surface area contributed by atoms with E-state index in [1.807, 2.05) is 0 Å². The van der Waals surface area contributed by atoms with Crippen molar-refractivity contribution in [3.05, 3.63) is 0 Å². The van der Waals surface area contributed by atoms with Gasteiger partial charge in [-0.2, -0.15) is 0 Å². The van der Waals surface area contributed by atoms with Gasteiger partial charge in [0, 0.05) is 19.1 Å². The molecule has 1 aliphatic rings. The Morgan fingerprint density at radius 1 is 1.38 bits per heavy atom. The van der Waals surface area contributed by atoms with Crippen LogP contribution in [0.25, 0.3) is 0 Å². The number of unbranched alkanes of at least 4 members (excludes halogenated alkanes) is 1. The normalized spacial score (nSPS) is 17.4. The van der Waals surface area contributed by atoms with E-state index in [1.54, 1.807) is 0 Å². The number of amides is 1. The fourth-order valence-electron chi connectivity index (χ4n) is 1.90. The fraction of sp³-hybridized carbons (Fsp3) is 0.818. The molecule has 0 aromatic carbocycles. The topological polar surface area (TPSA) is 69.6 Å². The highest BCUT2D eigenvalue weighted by atomic mass is 16.4. The minimum absolute atomic E-state index is 0.435. The molecule has 0 unspecified atom stereocenters. The van der Waals surface area contributed by atoms with Gasteiger partial charge in [-0.3, -0.25) is 4.79 Å². The van der Waals surface area contributed by atoms with Crippen LogP contribution in [0.4, 0.5) is 0 Å². The summed E-state index contributed by atoms with van der Waals surface area (Å²) in [5.41, 5.74) is 0. The van der Waals surface area contributed by atoms with E-state index in [-0.39, 0.29) is 0 Å². The van der Waals surface area contributed by atoms with Crippen LogP contribution in [0.3, 0.4) is 0 Å². The van der Waals surface area contributed by atoms with Gasteiger partial charge >= 0.3 is 11.9 Å². The molecule has 0 atom stereocenters. The van der Waals surface area contributed by atoms with E-state index in [4.69, 9.17) is 5.11 Å². The smallest absolute Gasteiger partial charge is 0.394 e. The Balaban J connectivity index is 2.23. The molecule has 0 aliphatic carbocycles. The monoisotopic (exact) mass is 228 g/mol. The standard InChI is InChI=1S/C11H20N2O3/c1-2-3-6-12-9-4-7-13(8-5-9)10(14)11(15)16/h9,12H,2-8H2,1H3,(H,15,16). The number of carbonyl (C=O) groups excluding carboxylic acids is 1. The first-order valence-electron chi connectivity index (χ1n) is 5.90. The largest absolute Gasteiger partial charge is 0.474 e.